The monoisotopic (exact) mass is 548 g/mol. The van der Waals surface area contributed by atoms with Gasteiger partial charge in [-0.05, 0) is 48.4 Å². The summed E-state index contributed by atoms with van der Waals surface area (Å²) in [6, 6.07) is 13.1. The number of halogens is 3. The van der Waals surface area contributed by atoms with Gasteiger partial charge in [0.25, 0.3) is 0 Å². The van der Waals surface area contributed by atoms with Gasteiger partial charge >= 0.3 is 21.2 Å². The van der Waals surface area contributed by atoms with Crippen molar-refractivity contribution in [3.63, 3.8) is 0 Å². The first kappa shape index (κ1) is 23.3. The SMILES string of the molecule is CC1(C)C2CCC1(CS(=O)(=O)[O-])C(=O)C2.Fc1ccccc1[I+]c1ccccc1F. The Morgan fingerprint density at radius 1 is 1.03 bits per heavy atom. The molecule has 0 heterocycles. The van der Waals surface area contributed by atoms with Gasteiger partial charge in [-0.2, -0.15) is 0 Å². The second-order valence-electron chi connectivity index (χ2n) is 8.29. The highest BCUT2D eigenvalue weighted by atomic mass is 127. The Hall–Kier alpha value is -1.39. The topological polar surface area (TPSA) is 74.3 Å². The number of carbonyl (C=O) groups is 1. The third-order valence-electron chi connectivity index (χ3n) is 6.41. The summed E-state index contributed by atoms with van der Waals surface area (Å²) in [5.74, 6) is -0.764. The number of fused-ring (bicyclic) bond motifs is 2. The van der Waals surface area contributed by atoms with Gasteiger partial charge in [0.15, 0.2) is 11.6 Å². The molecule has 4 nitrogen and oxygen atoms in total. The van der Waals surface area contributed by atoms with E-state index in [2.05, 4.69) is 0 Å². The van der Waals surface area contributed by atoms with Crippen LogP contribution in [0.25, 0.3) is 0 Å². The maximum Gasteiger partial charge on any atom is 0.364 e. The first-order chi connectivity index (χ1) is 14.0. The molecule has 0 amide bonds. The van der Waals surface area contributed by atoms with Crippen molar-refractivity contribution < 1.29 is 47.8 Å². The smallest absolute Gasteiger partial charge is 0.364 e. The van der Waals surface area contributed by atoms with Crippen LogP contribution in [0.4, 0.5) is 8.78 Å². The Bertz CT molecular complexity index is 1010. The van der Waals surface area contributed by atoms with E-state index in [0.717, 1.165) is 6.42 Å². The summed E-state index contributed by atoms with van der Waals surface area (Å²) in [6.07, 6.45) is 1.88. The van der Waals surface area contributed by atoms with Crippen LogP contribution in [0, 0.1) is 35.5 Å². The van der Waals surface area contributed by atoms with Crippen LogP contribution in [0.3, 0.4) is 0 Å². The number of hydrogen-bond donors (Lipinski definition) is 0. The highest BCUT2D eigenvalue weighted by Gasteiger charge is 2.64. The van der Waals surface area contributed by atoms with Crippen LogP contribution in [0.1, 0.15) is 33.1 Å². The molecule has 8 heteroatoms. The van der Waals surface area contributed by atoms with Crippen molar-refractivity contribution in [3.05, 3.63) is 67.3 Å². The highest BCUT2D eigenvalue weighted by molar-refractivity contribution is 7.85. The summed E-state index contributed by atoms with van der Waals surface area (Å²) < 4.78 is 60.6. The number of rotatable bonds is 4. The van der Waals surface area contributed by atoms with Crippen LogP contribution in [0.15, 0.2) is 48.5 Å². The van der Waals surface area contributed by atoms with E-state index in [4.69, 9.17) is 0 Å². The molecular formula is C22H23F2IO4S. The van der Waals surface area contributed by atoms with E-state index in [1.807, 2.05) is 13.8 Å². The van der Waals surface area contributed by atoms with Crippen LogP contribution < -0.4 is 21.2 Å². The van der Waals surface area contributed by atoms with E-state index < -0.39 is 42.5 Å². The van der Waals surface area contributed by atoms with E-state index in [1.54, 1.807) is 36.4 Å². The Kier molecular flexibility index (Phi) is 6.69. The molecule has 0 radical (unpaired) electrons. The van der Waals surface area contributed by atoms with Gasteiger partial charge in [0.2, 0.25) is 7.14 Å². The van der Waals surface area contributed by atoms with Gasteiger partial charge in [-0.25, -0.2) is 17.2 Å². The fraction of sp³-hybridized carbons (Fsp3) is 0.409. The molecule has 0 spiro atoms. The molecule has 0 saturated heterocycles. The molecule has 2 atom stereocenters. The number of hydrogen-bond acceptors (Lipinski definition) is 4. The fourth-order valence-electron chi connectivity index (χ4n) is 4.55. The average Bonchev–Trinajstić information content (AvgIpc) is 2.99. The Morgan fingerprint density at radius 2 is 1.53 bits per heavy atom. The molecule has 162 valence electrons. The summed E-state index contributed by atoms with van der Waals surface area (Å²) in [4.78, 5) is 11.8. The molecule has 2 aromatic rings. The number of carbonyl (C=O) groups excluding carboxylic acids is 1. The van der Waals surface area contributed by atoms with Gasteiger partial charge in [0.05, 0.1) is 15.9 Å². The minimum absolute atomic E-state index is 0.0248. The lowest BCUT2D eigenvalue weighted by Crippen LogP contribution is -3.62. The van der Waals surface area contributed by atoms with E-state index in [0.29, 0.717) is 20.0 Å². The standard InChI is InChI=1S/C12H8F2I.C10H16O4S/c13-9-5-1-3-7-11(9)15-12-8-4-2-6-10(12)14;1-9(2)7-3-4-10(9,8(11)5-7)6-15(12,13)14/h1-8H;7H,3-6H2,1-2H3,(H,12,13,14)/q+1;/p-1. The molecule has 2 bridgehead atoms. The molecule has 2 saturated carbocycles. The van der Waals surface area contributed by atoms with Crippen molar-refractivity contribution in [1.29, 1.82) is 0 Å². The van der Waals surface area contributed by atoms with Crippen molar-refractivity contribution in [2.24, 2.45) is 16.7 Å². The minimum Gasteiger partial charge on any atom is -0.748 e. The summed E-state index contributed by atoms with van der Waals surface area (Å²) in [5.41, 5.74) is -1.22. The highest BCUT2D eigenvalue weighted by Crippen LogP contribution is 2.64. The first-order valence-electron chi connectivity index (χ1n) is 9.57. The molecule has 30 heavy (non-hydrogen) atoms. The summed E-state index contributed by atoms with van der Waals surface area (Å²) >= 11 is -0.765. The Morgan fingerprint density at radius 3 is 1.90 bits per heavy atom. The zero-order valence-corrected chi connectivity index (χ0v) is 19.7. The van der Waals surface area contributed by atoms with Crippen molar-refractivity contribution in [1.82, 2.24) is 0 Å². The zero-order valence-electron chi connectivity index (χ0n) is 16.7. The van der Waals surface area contributed by atoms with Crippen LogP contribution in [0.2, 0.25) is 0 Å². The van der Waals surface area contributed by atoms with Crippen LogP contribution in [-0.4, -0.2) is 24.5 Å². The third kappa shape index (κ3) is 4.60. The molecule has 4 rings (SSSR count). The predicted octanol–water partition coefficient (Wildman–Crippen LogP) is 1.02. The van der Waals surface area contributed by atoms with E-state index in [9.17, 15) is 26.5 Å². The largest absolute Gasteiger partial charge is 0.748 e. The Balaban J connectivity index is 0.000000171. The molecule has 2 aliphatic carbocycles. The summed E-state index contributed by atoms with van der Waals surface area (Å²) in [5, 5.41) is 0. The fourth-order valence-corrected chi connectivity index (χ4v) is 8.11. The van der Waals surface area contributed by atoms with Gasteiger partial charge in [-0.3, -0.25) is 4.79 Å². The molecule has 0 N–H and O–H groups in total. The van der Waals surface area contributed by atoms with Gasteiger partial charge in [0.1, 0.15) is 5.78 Å². The zero-order chi connectivity index (χ0) is 22.2. The lowest BCUT2D eigenvalue weighted by molar-refractivity contribution is -0.603. The third-order valence-corrected chi connectivity index (χ3v) is 10.2. The van der Waals surface area contributed by atoms with Crippen molar-refractivity contribution in [2.45, 2.75) is 33.1 Å². The van der Waals surface area contributed by atoms with Crippen LogP contribution in [0.5, 0.6) is 0 Å². The van der Waals surface area contributed by atoms with Crippen LogP contribution in [-0.2, 0) is 14.9 Å². The predicted molar refractivity (Wildman–Crippen MR) is 103 cm³/mol. The summed E-state index contributed by atoms with van der Waals surface area (Å²) in [7, 11) is -4.33. The Labute approximate surface area is 186 Å². The number of benzene rings is 2. The lowest BCUT2D eigenvalue weighted by Gasteiger charge is -2.37. The molecule has 2 aliphatic rings. The van der Waals surface area contributed by atoms with Crippen molar-refractivity contribution >= 4 is 15.9 Å². The van der Waals surface area contributed by atoms with Gasteiger partial charge in [-0.15, -0.1) is 0 Å². The van der Waals surface area contributed by atoms with E-state index >= 15 is 0 Å². The maximum atomic E-state index is 13.3. The molecule has 0 aromatic heterocycles. The van der Waals surface area contributed by atoms with Gasteiger partial charge < -0.3 is 4.55 Å². The second kappa shape index (κ2) is 8.63. The van der Waals surface area contributed by atoms with Crippen LogP contribution >= 0.6 is 0 Å². The summed E-state index contributed by atoms with van der Waals surface area (Å²) in [6.45, 7) is 3.83. The normalized spacial score (nSPS) is 24.4. The molecule has 2 fully saturated rings. The molecular weight excluding hydrogens is 525 g/mol. The molecule has 0 aliphatic heterocycles. The van der Waals surface area contributed by atoms with E-state index in [1.165, 1.54) is 12.1 Å². The second-order valence-corrected chi connectivity index (χ2v) is 12.6. The van der Waals surface area contributed by atoms with Crippen molar-refractivity contribution in [2.75, 3.05) is 5.75 Å². The first-order valence-corrected chi connectivity index (χ1v) is 13.3. The average molecular weight is 548 g/mol. The van der Waals surface area contributed by atoms with Gasteiger partial charge in [0, 0.05) is 11.8 Å². The number of Topliss-reactive ketones (excluding diaryl/α,β-unsaturated/α-hetero) is 1. The van der Waals surface area contributed by atoms with E-state index in [-0.39, 0.29) is 28.8 Å². The minimum atomic E-state index is -4.33. The van der Waals surface area contributed by atoms with Gasteiger partial charge in [-0.1, -0.05) is 38.1 Å². The van der Waals surface area contributed by atoms with Crippen molar-refractivity contribution in [3.8, 4) is 0 Å². The lowest BCUT2D eigenvalue weighted by atomic mass is 9.70. The molecule has 2 unspecified atom stereocenters. The molecule has 2 aromatic carbocycles. The maximum absolute atomic E-state index is 13.3. The quantitative estimate of drug-likeness (QED) is 0.423. The number of ketones is 1.